The van der Waals surface area contributed by atoms with Crippen LogP contribution in [0.1, 0.15) is 31.4 Å². The molecule has 3 N–H and O–H groups in total. The van der Waals surface area contributed by atoms with Crippen molar-refractivity contribution in [2.24, 2.45) is 5.92 Å². The van der Waals surface area contributed by atoms with Crippen LogP contribution in [-0.2, 0) is 9.53 Å². The van der Waals surface area contributed by atoms with E-state index in [1.54, 1.807) is 25.1 Å². The Hall–Kier alpha value is -3.75. The maximum atomic E-state index is 13.9. The van der Waals surface area contributed by atoms with Crippen molar-refractivity contribution in [2.45, 2.75) is 25.9 Å². The Bertz CT molecular complexity index is 992. The van der Waals surface area contributed by atoms with Gasteiger partial charge in [0, 0.05) is 17.8 Å². The second kappa shape index (κ2) is 9.84. The zero-order valence-electron chi connectivity index (χ0n) is 16.7. The van der Waals surface area contributed by atoms with Crippen molar-refractivity contribution in [3.05, 3.63) is 59.9 Å². The summed E-state index contributed by atoms with van der Waals surface area (Å²) in [6, 6.07) is 8.65. The van der Waals surface area contributed by atoms with Crippen LogP contribution in [-0.4, -0.2) is 29.1 Å². The zero-order valence-corrected chi connectivity index (χ0v) is 16.7. The van der Waals surface area contributed by atoms with Crippen LogP contribution in [0.25, 0.3) is 0 Å². The molecule has 2 atom stereocenters. The zero-order chi connectivity index (χ0) is 22.4. The molecule has 164 valence electrons. The lowest BCUT2D eigenvalue weighted by Gasteiger charge is -2.25. The van der Waals surface area contributed by atoms with Crippen molar-refractivity contribution >= 4 is 17.7 Å². The lowest BCUT2D eigenvalue weighted by atomic mass is 9.93. The highest BCUT2D eigenvalue weighted by Crippen LogP contribution is 2.35. The predicted octanol–water partition coefficient (Wildman–Crippen LogP) is 4.61. The van der Waals surface area contributed by atoms with Crippen molar-refractivity contribution in [1.82, 2.24) is 0 Å². The smallest absolute Gasteiger partial charge is 0.412 e. The van der Waals surface area contributed by atoms with Crippen LogP contribution >= 0.6 is 0 Å². The van der Waals surface area contributed by atoms with Gasteiger partial charge in [0.2, 0.25) is 6.79 Å². The number of nitrogens with one attached hydrogen (secondary N) is 1. The fraction of sp³-hybridized carbons (Fsp3) is 0.273. The topological polar surface area (TPSA) is 114 Å². The third-order valence-electron chi connectivity index (χ3n) is 4.72. The van der Waals surface area contributed by atoms with Crippen molar-refractivity contribution in [1.29, 1.82) is 0 Å². The SMILES string of the molecule is C[C@@H](CC/C=C/C(=O)O)[C@H](OC(=O)Nc1ccc2c(c1)OCO2)c1ccc(O)c(F)c1. The number of carboxylic acids is 1. The molecule has 1 aliphatic rings. The number of amides is 1. The monoisotopic (exact) mass is 431 g/mol. The van der Waals surface area contributed by atoms with E-state index in [1.807, 2.05) is 0 Å². The minimum atomic E-state index is -1.05. The number of hydrogen-bond acceptors (Lipinski definition) is 6. The first-order valence-corrected chi connectivity index (χ1v) is 9.58. The number of ether oxygens (including phenoxy) is 3. The minimum absolute atomic E-state index is 0.103. The third-order valence-corrected chi connectivity index (χ3v) is 4.72. The van der Waals surface area contributed by atoms with Crippen LogP contribution in [0.2, 0.25) is 0 Å². The third kappa shape index (κ3) is 5.88. The van der Waals surface area contributed by atoms with Gasteiger partial charge in [-0.15, -0.1) is 0 Å². The fourth-order valence-electron chi connectivity index (χ4n) is 3.14. The summed E-state index contributed by atoms with van der Waals surface area (Å²) in [5, 5.41) is 20.8. The number of anilines is 1. The fourth-order valence-corrected chi connectivity index (χ4v) is 3.14. The van der Waals surface area contributed by atoms with Gasteiger partial charge in [-0.2, -0.15) is 0 Å². The predicted molar refractivity (Wildman–Crippen MR) is 109 cm³/mol. The molecule has 8 nitrogen and oxygen atoms in total. The number of carbonyl (C=O) groups is 2. The molecule has 3 rings (SSSR count). The van der Waals surface area contributed by atoms with Crippen molar-refractivity contribution in [2.75, 3.05) is 12.1 Å². The summed E-state index contributed by atoms with van der Waals surface area (Å²) in [6.45, 7) is 1.91. The molecule has 2 aromatic carbocycles. The number of benzene rings is 2. The first-order valence-electron chi connectivity index (χ1n) is 9.58. The molecule has 0 spiro atoms. The maximum Gasteiger partial charge on any atom is 0.412 e. The quantitative estimate of drug-likeness (QED) is 0.523. The molecule has 9 heteroatoms. The summed E-state index contributed by atoms with van der Waals surface area (Å²) in [5.41, 5.74) is 0.799. The van der Waals surface area contributed by atoms with E-state index in [2.05, 4.69) is 5.32 Å². The van der Waals surface area contributed by atoms with Gasteiger partial charge in [-0.3, -0.25) is 5.32 Å². The molecular formula is C22H22FNO7. The van der Waals surface area contributed by atoms with Crippen molar-refractivity contribution < 1.29 is 38.4 Å². The highest BCUT2D eigenvalue weighted by Gasteiger charge is 2.25. The van der Waals surface area contributed by atoms with E-state index in [9.17, 15) is 19.1 Å². The van der Waals surface area contributed by atoms with Crippen LogP contribution in [0, 0.1) is 11.7 Å². The van der Waals surface area contributed by atoms with Gasteiger partial charge in [0.25, 0.3) is 0 Å². The van der Waals surface area contributed by atoms with Gasteiger partial charge in [-0.25, -0.2) is 14.0 Å². The molecular weight excluding hydrogens is 409 g/mol. The van der Waals surface area contributed by atoms with Gasteiger partial charge in [0.15, 0.2) is 23.1 Å². The van der Waals surface area contributed by atoms with E-state index in [1.165, 1.54) is 18.2 Å². The summed E-state index contributed by atoms with van der Waals surface area (Å²) < 4.78 is 30.0. The Labute approximate surface area is 177 Å². The van der Waals surface area contributed by atoms with E-state index in [4.69, 9.17) is 19.3 Å². The summed E-state index contributed by atoms with van der Waals surface area (Å²) >= 11 is 0. The van der Waals surface area contributed by atoms with Gasteiger partial charge in [0.1, 0.15) is 6.10 Å². The molecule has 0 aromatic heterocycles. The summed E-state index contributed by atoms with van der Waals surface area (Å²) in [5.74, 6) is -1.60. The van der Waals surface area contributed by atoms with Crippen LogP contribution in [0.4, 0.5) is 14.9 Å². The van der Waals surface area contributed by atoms with Gasteiger partial charge >= 0.3 is 12.1 Å². The molecule has 0 bridgehead atoms. The summed E-state index contributed by atoms with van der Waals surface area (Å²) in [7, 11) is 0. The number of rotatable bonds is 8. The van der Waals surface area contributed by atoms with Crippen LogP contribution in [0.5, 0.6) is 17.2 Å². The van der Waals surface area contributed by atoms with Gasteiger partial charge in [-0.1, -0.05) is 19.1 Å². The van der Waals surface area contributed by atoms with E-state index < -0.39 is 29.7 Å². The number of halogens is 1. The van der Waals surface area contributed by atoms with E-state index in [0.717, 1.165) is 12.1 Å². The molecule has 0 fully saturated rings. The maximum absolute atomic E-state index is 13.9. The number of fused-ring (bicyclic) bond motifs is 1. The molecule has 0 radical (unpaired) electrons. The first kappa shape index (κ1) is 21.9. The lowest BCUT2D eigenvalue weighted by molar-refractivity contribution is -0.131. The number of aromatic hydroxyl groups is 1. The van der Waals surface area contributed by atoms with E-state index >= 15 is 0 Å². The number of phenols is 1. The van der Waals surface area contributed by atoms with Gasteiger partial charge in [0.05, 0.1) is 0 Å². The molecule has 0 saturated heterocycles. The number of aliphatic carboxylic acids is 1. The summed E-state index contributed by atoms with van der Waals surface area (Å²) in [4.78, 5) is 23.1. The number of carbonyl (C=O) groups excluding carboxylic acids is 1. The standard InChI is InChI=1S/C22H22FNO7/c1-13(4-2-3-5-20(26)27)21(14-6-8-17(25)16(23)10-14)31-22(28)24-15-7-9-18-19(11-15)30-12-29-18/h3,5-11,13,21,25H,2,4,12H2,1H3,(H,24,28)(H,26,27)/b5-3+/t13-,21-/m0/s1. The van der Waals surface area contributed by atoms with E-state index in [-0.39, 0.29) is 12.7 Å². The molecule has 1 amide bonds. The first-order chi connectivity index (χ1) is 14.8. The molecule has 0 saturated carbocycles. The number of hydrogen-bond donors (Lipinski definition) is 3. The van der Waals surface area contributed by atoms with Crippen LogP contribution in [0.3, 0.4) is 0 Å². The van der Waals surface area contributed by atoms with Gasteiger partial charge < -0.3 is 24.4 Å². The Kier molecular flexibility index (Phi) is 6.96. The molecule has 31 heavy (non-hydrogen) atoms. The Morgan fingerprint density at radius 3 is 2.74 bits per heavy atom. The highest BCUT2D eigenvalue weighted by molar-refractivity contribution is 5.85. The van der Waals surface area contributed by atoms with Crippen molar-refractivity contribution in [3.63, 3.8) is 0 Å². The second-order valence-electron chi connectivity index (χ2n) is 7.03. The minimum Gasteiger partial charge on any atom is -0.505 e. The van der Waals surface area contributed by atoms with E-state index in [0.29, 0.717) is 35.6 Å². The number of allylic oxidation sites excluding steroid dienone is 1. The molecule has 1 heterocycles. The van der Waals surface area contributed by atoms with Crippen LogP contribution in [0.15, 0.2) is 48.6 Å². The van der Waals surface area contributed by atoms with Crippen LogP contribution < -0.4 is 14.8 Å². The number of phenolic OH excluding ortho intramolecular Hbond substituents is 1. The molecule has 1 aliphatic heterocycles. The Balaban J connectivity index is 1.72. The molecule has 2 aromatic rings. The van der Waals surface area contributed by atoms with Crippen molar-refractivity contribution in [3.8, 4) is 17.2 Å². The second-order valence-corrected chi connectivity index (χ2v) is 7.03. The molecule has 0 aliphatic carbocycles. The summed E-state index contributed by atoms with van der Waals surface area (Å²) in [6.07, 6.45) is 1.86. The Morgan fingerprint density at radius 1 is 1.23 bits per heavy atom. The average molecular weight is 431 g/mol. The lowest BCUT2D eigenvalue weighted by Crippen LogP contribution is -2.22. The normalized spacial score (nSPS) is 14.3. The highest BCUT2D eigenvalue weighted by atomic mass is 19.1. The Morgan fingerprint density at radius 2 is 2.00 bits per heavy atom. The molecule has 0 unspecified atom stereocenters. The largest absolute Gasteiger partial charge is 0.505 e. The number of carboxylic acid groups (broad SMARTS) is 1. The average Bonchev–Trinajstić information content (AvgIpc) is 3.19. The van der Waals surface area contributed by atoms with Gasteiger partial charge in [-0.05, 0) is 48.6 Å².